The number of carbonyl (C=O) groups is 2. The van der Waals surface area contributed by atoms with Gasteiger partial charge in [-0.1, -0.05) is 18.2 Å². The molecule has 1 atom stereocenters. The molecular weight excluding hydrogens is 262 g/mol. The maximum absolute atomic E-state index is 12.2. The monoisotopic (exact) mass is 279 g/mol. The Kier molecular flexibility index (Phi) is 4.81. The molecule has 1 unspecified atom stereocenters. The van der Waals surface area contributed by atoms with Crippen LogP contribution < -0.4 is 11.1 Å². The summed E-state index contributed by atoms with van der Waals surface area (Å²) in [7, 11) is 0. The molecule has 2 rings (SSSR count). The molecule has 0 bridgehead atoms. The van der Waals surface area contributed by atoms with Gasteiger partial charge < -0.3 is 16.0 Å². The van der Waals surface area contributed by atoms with Crippen LogP contribution in [-0.4, -0.2) is 48.1 Å². The molecule has 1 aliphatic heterocycles. The summed E-state index contributed by atoms with van der Waals surface area (Å²) in [6, 6.07) is 9.19. The van der Waals surface area contributed by atoms with Crippen molar-refractivity contribution < 1.29 is 9.59 Å². The molecule has 1 fully saturated rings. The third-order valence-corrected chi connectivity index (χ3v) is 3.99. The lowest BCUT2D eigenvalue weighted by Gasteiger charge is -2.34. The lowest BCUT2D eigenvalue weighted by atomic mass is 10.2. The molecule has 0 aromatic heterocycles. The number of nitrogens with one attached hydrogen (secondary N) is 1. The number of nitrogens with zero attached hydrogens (tertiary/aromatic N) is 1. The van der Waals surface area contributed by atoms with E-state index in [-0.39, 0.29) is 5.91 Å². The van der Waals surface area contributed by atoms with Crippen LogP contribution in [0.25, 0.3) is 0 Å². The van der Waals surface area contributed by atoms with Crippen molar-refractivity contribution in [1.82, 2.24) is 10.2 Å². The van der Waals surface area contributed by atoms with Crippen LogP contribution in [0.15, 0.2) is 35.2 Å². The second-order valence-corrected chi connectivity index (χ2v) is 5.36. The van der Waals surface area contributed by atoms with E-state index in [0.29, 0.717) is 25.4 Å². The molecule has 0 saturated carbocycles. The van der Waals surface area contributed by atoms with Crippen molar-refractivity contribution in [3.05, 3.63) is 30.3 Å². The first-order chi connectivity index (χ1) is 9.18. The average Bonchev–Trinajstić information content (AvgIpc) is 2.46. The predicted molar refractivity (Wildman–Crippen MR) is 74.7 cm³/mol. The minimum atomic E-state index is -0.530. The number of piperazine rings is 1. The first kappa shape index (κ1) is 13.9. The van der Waals surface area contributed by atoms with E-state index in [4.69, 9.17) is 5.73 Å². The number of hydrogen-bond donors (Lipinski definition) is 2. The Morgan fingerprint density at radius 1 is 1.37 bits per heavy atom. The lowest BCUT2D eigenvalue weighted by Crippen LogP contribution is -2.59. The van der Waals surface area contributed by atoms with Crippen LogP contribution >= 0.6 is 11.8 Å². The van der Waals surface area contributed by atoms with E-state index in [1.165, 1.54) is 11.8 Å². The molecule has 1 aliphatic rings. The first-order valence-electron chi connectivity index (χ1n) is 6.16. The number of rotatable bonds is 4. The minimum absolute atomic E-state index is 0.0425. The molecule has 1 aromatic carbocycles. The third-order valence-electron chi connectivity index (χ3n) is 3.00. The second kappa shape index (κ2) is 6.58. The summed E-state index contributed by atoms with van der Waals surface area (Å²) in [6.45, 7) is 1.67. The fourth-order valence-corrected chi connectivity index (χ4v) is 2.81. The highest BCUT2D eigenvalue weighted by atomic mass is 32.2. The zero-order chi connectivity index (χ0) is 13.7. The molecule has 0 radical (unpaired) electrons. The van der Waals surface area contributed by atoms with Gasteiger partial charge in [0.05, 0.1) is 5.75 Å². The number of benzene rings is 1. The van der Waals surface area contributed by atoms with Gasteiger partial charge in [-0.05, 0) is 12.1 Å². The van der Waals surface area contributed by atoms with Gasteiger partial charge in [-0.3, -0.25) is 9.59 Å². The number of nitrogens with two attached hydrogens (primary N) is 1. The Bertz CT molecular complexity index is 452. The van der Waals surface area contributed by atoms with Crippen LogP contribution in [0.5, 0.6) is 0 Å². The van der Waals surface area contributed by atoms with Crippen LogP contribution in [0.1, 0.15) is 0 Å². The maximum Gasteiger partial charge on any atom is 0.241 e. The fraction of sp³-hybridized carbons (Fsp3) is 0.385. The highest BCUT2D eigenvalue weighted by Crippen LogP contribution is 2.18. The minimum Gasteiger partial charge on any atom is -0.368 e. The van der Waals surface area contributed by atoms with Crippen molar-refractivity contribution in [3.63, 3.8) is 0 Å². The van der Waals surface area contributed by atoms with Gasteiger partial charge in [0.1, 0.15) is 6.04 Å². The van der Waals surface area contributed by atoms with Crippen LogP contribution in [0, 0.1) is 0 Å². The van der Waals surface area contributed by atoms with E-state index in [9.17, 15) is 9.59 Å². The third kappa shape index (κ3) is 3.71. The fourth-order valence-electron chi connectivity index (χ4n) is 2.00. The van der Waals surface area contributed by atoms with E-state index in [1.807, 2.05) is 30.3 Å². The molecule has 19 heavy (non-hydrogen) atoms. The highest BCUT2D eigenvalue weighted by Gasteiger charge is 2.30. The van der Waals surface area contributed by atoms with Crippen LogP contribution in [0.4, 0.5) is 0 Å². The molecular formula is C13H17N3O2S. The number of thioether (sulfide) groups is 1. The van der Waals surface area contributed by atoms with Crippen molar-refractivity contribution in [1.29, 1.82) is 0 Å². The zero-order valence-corrected chi connectivity index (χ0v) is 11.4. The van der Waals surface area contributed by atoms with Gasteiger partial charge in [0.25, 0.3) is 0 Å². The van der Waals surface area contributed by atoms with E-state index >= 15 is 0 Å². The quantitative estimate of drug-likeness (QED) is 0.765. The summed E-state index contributed by atoms with van der Waals surface area (Å²) >= 11 is 1.47. The van der Waals surface area contributed by atoms with Gasteiger partial charge >= 0.3 is 0 Å². The molecule has 1 saturated heterocycles. The molecule has 1 aromatic rings. The van der Waals surface area contributed by atoms with Crippen molar-refractivity contribution in [3.8, 4) is 0 Å². The SMILES string of the molecule is NC(=O)C1CNCCN1C(=O)CSc1ccccc1. The molecule has 1 heterocycles. The Balaban J connectivity index is 1.93. The Morgan fingerprint density at radius 2 is 2.11 bits per heavy atom. The van der Waals surface area contributed by atoms with Gasteiger partial charge in [0, 0.05) is 24.5 Å². The molecule has 6 heteroatoms. The highest BCUT2D eigenvalue weighted by molar-refractivity contribution is 8.00. The topological polar surface area (TPSA) is 75.4 Å². The van der Waals surface area contributed by atoms with E-state index in [1.54, 1.807) is 4.90 Å². The van der Waals surface area contributed by atoms with Crippen LogP contribution in [-0.2, 0) is 9.59 Å². The molecule has 0 aliphatic carbocycles. The van der Waals surface area contributed by atoms with Gasteiger partial charge in [0.2, 0.25) is 11.8 Å². The van der Waals surface area contributed by atoms with Crippen molar-refractivity contribution in [2.45, 2.75) is 10.9 Å². The Hall–Kier alpha value is -1.53. The van der Waals surface area contributed by atoms with Crippen LogP contribution in [0.3, 0.4) is 0 Å². The average molecular weight is 279 g/mol. The normalized spacial score (nSPS) is 19.2. The smallest absolute Gasteiger partial charge is 0.241 e. The Labute approximate surface area is 116 Å². The zero-order valence-electron chi connectivity index (χ0n) is 10.5. The standard InChI is InChI=1S/C13H17N3O2S/c14-13(18)11-8-15-6-7-16(11)12(17)9-19-10-4-2-1-3-5-10/h1-5,11,15H,6-9H2,(H2,14,18). The predicted octanol–water partition coefficient (Wildman–Crippen LogP) is 0.0644. The molecule has 0 spiro atoms. The largest absolute Gasteiger partial charge is 0.368 e. The number of hydrogen-bond acceptors (Lipinski definition) is 4. The summed E-state index contributed by atoms with van der Waals surface area (Å²) < 4.78 is 0. The number of amides is 2. The van der Waals surface area contributed by atoms with E-state index < -0.39 is 11.9 Å². The summed E-state index contributed by atoms with van der Waals surface area (Å²) in [4.78, 5) is 26.1. The second-order valence-electron chi connectivity index (χ2n) is 4.31. The van der Waals surface area contributed by atoms with Gasteiger partial charge in [-0.15, -0.1) is 11.8 Å². The number of carbonyl (C=O) groups excluding carboxylic acids is 2. The molecule has 102 valence electrons. The van der Waals surface area contributed by atoms with Gasteiger partial charge in [-0.2, -0.15) is 0 Å². The maximum atomic E-state index is 12.2. The molecule has 5 nitrogen and oxygen atoms in total. The number of primary amides is 1. The lowest BCUT2D eigenvalue weighted by molar-refractivity contribution is -0.138. The van der Waals surface area contributed by atoms with Gasteiger partial charge in [0.15, 0.2) is 0 Å². The van der Waals surface area contributed by atoms with Crippen molar-refractivity contribution in [2.75, 3.05) is 25.4 Å². The van der Waals surface area contributed by atoms with Crippen molar-refractivity contribution in [2.24, 2.45) is 5.73 Å². The van der Waals surface area contributed by atoms with Gasteiger partial charge in [-0.25, -0.2) is 0 Å². The van der Waals surface area contributed by atoms with Crippen LogP contribution in [0.2, 0.25) is 0 Å². The van der Waals surface area contributed by atoms with E-state index in [2.05, 4.69) is 5.32 Å². The Morgan fingerprint density at radius 3 is 2.79 bits per heavy atom. The molecule has 3 N–H and O–H groups in total. The first-order valence-corrected chi connectivity index (χ1v) is 7.14. The van der Waals surface area contributed by atoms with Crippen molar-refractivity contribution >= 4 is 23.6 Å². The summed E-state index contributed by atoms with van der Waals surface area (Å²) in [5, 5.41) is 3.07. The molecule has 2 amide bonds. The summed E-state index contributed by atoms with van der Waals surface area (Å²) in [5.74, 6) is -0.169. The summed E-state index contributed by atoms with van der Waals surface area (Å²) in [5.41, 5.74) is 5.32. The van der Waals surface area contributed by atoms with E-state index in [0.717, 1.165) is 4.90 Å². The summed E-state index contributed by atoms with van der Waals surface area (Å²) in [6.07, 6.45) is 0.